The maximum atomic E-state index is 13.1. The molecule has 1 N–H and O–H groups in total. The van der Waals surface area contributed by atoms with Crippen molar-refractivity contribution < 1.29 is 17.6 Å². The standard InChI is InChI=1S/C23H30FN3O3S/c1-18-4-9-22(19(2)16-18)31(29,30)25-11-10-23(28)27-13-3-12-26(14-15-27)17-20-5-7-21(24)8-6-20/h4-9,16,25H,3,10-15,17H2,1-2H3. The number of rotatable bonds is 7. The van der Waals surface area contributed by atoms with Crippen molar-refractivity contribution in [2.24, 2.45) is 0 Å². The monoisotopic (exact) mass is 447 g/mol. The summed E-state index contributed by atoms with van der Waals surface area (Å²) in [6.45, 7) is 7.33. The Morgan fingerprint density at radius 3 is 2.48 bits per heavy atom. The second-order valence-corrected chi connectivity index (χ2v) is 9.79. The number of halogens is 1. The van der Waals surface area contributed by atoms with E-state index in [-0.39, 0.29) is 29.6 Å². The Labute approximate surface area is 184 Å². The highest BCUT2D eigenvalue weighted by molar-refractivity contribution is 7.89. The molecule has 0 aromatic heterocycles. The van der Waals surface area contributed by atoms with E-state index in [1.165, 1.54) is 12.1 Å². The lowest BCUT2D eigenvalue weighted by Crippen LogP contribution is -2.37. The van der Waals surface area contributed by atoms with E-state index in [1.807, 2.05) is 13.0 Å². The topological polar surface area (TPSA) is 69.7 Å². The van der Waals surface area contributed by atoms with Crippen LogP contribution in [-0.2, 0) is 21.4 Å². The highest BCUT2D eigenvalue weighted by Crippen LogP contribution is 2.16. The highest BCUT2D eigenvalue weighted by atomic mass is 32.2. The van der Waals surface area contributed by atoms with Crippen molar-refractivity contribution in [2.45, 2.75) is 38.1 Å². The Kier molecular flexibility index (Phi) is 7.80. The molecule has 168 valence electrons. The van der Waals surface area contributed by atoms with Crippen LogP contribution >= 0.6 is 0 Å². The summed E-state index contributed by atoms with van der Waals surface area (Å²) in [4.78, 5) is 16.9. The van der Waals surface area contributed by atoms with Crippen molar-refractivity contribution in [3.63, 3.8) is 0 Å². The van der Waals surface area contributed by atoms with E-state index in [0.29, 0.717) is 18.7 Å². The maximum absolute atomic E-state index is 13.1. The number of hydrogen-bond acceptors (Lipinski definition) is 4. The van der Waals surface area contributed by atoms with Crippen LogP contribution in [0, 0.1) is 19.7 Å². The third kappa shape index (κ3) is 6.59. The third-order valence-corrected chi connectivity index (χ3v) is 7.13. The molecule has 1 saturated heterocycles. The van der Waals surface area contributed by atoms with Gasteiger partial charge in [0.25, 0.3) is 0 Å². The van der Waals surface area contributed by atoms with Crippen LogP contribution in [0.25, 0.3) is 0 Å². The summed E-state index contributed by atoms with van der Waals surface area (Å²) < 4.78 is 40.7. The minimum Gasteiger partial charge on any atom is -0.341 e. The first kappa shape index (κ1) is 23.4. The van der Waals surface area contributed by atoms with Crippen molar-refractivity contribution in [2.75, 3.05) is 32.7 Å². The molecule has 2 aromatic carbocycles. The molecule has 0 spiro atoms. The summed E-state index contributed by atoms with van der Waals surface area (Å²) in [5.74, 6) is -0.295. The second kappa shape index (κ2) is 10.3. The van der Waals surface area contributed by atoms with Gasteiger partial charge in [-0.2, -0.15) is 0 Å². The van der Waals surface area contributed by atoms with Crippen LogP contribution in [-0.4, -0.2) is 56.8 Å². The lowest BCUT2D eigenvalue weighted by Gasteiger charge is -2.22. The maximum Gasteiger partial charge on any atom is 0.240 e. The summed E-state index contributed by atoms with van der Waals surface area (Å²) in [7, 11) is -3.64. The average molecular weight is 448 g/mol. The molecule has 0 unspecified atom stereocenters. The van der Waals surface area contributed by atoms with Crippen LogP contribution < -0.4 is 4.72 Å². The Balaban J connectivity index is 1.47. The summed E-state index contributed by atoms with van der Waals surface area (Å²) >= 11 is 0. The van der Waals surface area contributed by atoms with Gasteiger partial charge < -0.3 is 4.90 Å². The van der Waals surface area contributed by atoms with Crippen LogP contribution in [0.15, 0.2) is 47.4 Å². The van der Waals surface area contributed by atoms with Gasteiger partial charge in [-0.05, 0) is 49.6 Å². The van der Waals surface area contributed by atoms with Crippen molar-refractivity contribution in [3.05, 3.63) is 65.0 Å². The predicted molar refractivity (Wildman–Crippen MR) is 119 cm³/mol. The average Bonchev–Trinajstić information content (AvgIpc) is 2.95. The van der Waals surface area contributed by atoms with Gasteiger partial charge in [-0.25, -0.2) is 17.5 Å². The summed E-state index contributed by atoms with van der Waals surface area (Å²) in [5.41, 5.74) is 2.73. The van der Waals surface area contributed by atoms with Crippen molar-refractivity contribution in [3.8, 4) is 0 Å². The molecule has 6 nitrogen and oxygen atoms in total. The number of nitrogens with one attached hydrogen (secondary N) is 1. The fourth-order valence-corrected chi connectivity index (χ4v) is 5.11. The first-order valence-corrected chi connectivity index (χ1v) is 12.0. The lowest BCUT2D eigenvalue weighted by atomic mass is 10.2. The van der Waals surface area contributed by atoms with Gasteiger partial charge in [0.2, 0.25) is 15.9 Å². The minimum atomic E-state index is -3.64. The minimum absolute atomic E-state index is 0.0491. The zero-order valence-electron chi connectivity index (χ0n) is 18.1. The van der Waals surface area contributed by atoms with Crippen LogP contribution in [0.5, 0.6) is 0 Å². The predicted octanol–water partition coefficient (Wildman–Crippen LogP) is 2.85. The van der Waals surface area contributed by atoms with E-state index in [4.69, 9.17) is 0 Å². The number of aryl methyl sites for hydroxylation is 2. The summed E-state index contributed by atoms with van der Waals surface area (Å²) in [6, 6.07) is 11.7. The molecular weight excluding hydrogens is 417 g/mol. The van der Waals surface area contributed by atoms with E-state index in [2.05, 4.69) is 9.62 Å². The smallest absolute Gasteiger partial charge is 0.240 e. The van der Waals surface area contributed by atoms with E-state index in [1.54, 1.807) is 36.1 Å². The molecule has 1 amide bonds. The van der Waals surface area contributed by atoms with Gasteiger partial charge in [0.05, 0.1) is 4.90 Å². The number of carbonyl (C=O) groups is 1. The Morgan fingerprint density at radius 1 is 1.03 bits per heavy atom. The molecule has 1 aliphatic rings. The van der Waals surface area contributed by atoms with Crippen LogP contribution in [0.2, 0.25) is 0 Å². The number of hydrogen-bond donors (Lipinski definition) is 1. The number of sulfonamides is 1. The summed E-state index contributed by atoms with van der Waals surface area (Å²) in [5, 5.41) is 0. The van der Waals surface area contributed by atoms with Gasteiger partial charge in [0, 0.05) is 45.7 Å². The van der Waals surface area contributed by atoms with Gasteiger partial charge in [0.1, 0.15) is 5.82 Å². The van der Waals surface area contributed by atoms with Crippen LogP contribution in [0.4, 0.5) is 4.39 Å². The highest BCUT2D eigenvalue weighted by Gasteiger charge is 2.21. The Morgan fingerprint density at radius 2 is 1.77 bits per heavy atom. The van der Waals surface area contributed by atoms with Crippen molar-refractivity contribution >= 4 is 15.9 Å². The van der Waals surface area contributed by atoms with Crippen molar-refractivity contribution in [1.82, 2.24) is 14.5 Å². The molecule has 3 rings (SSSR count). The third-order valence-electron chi connectivity index (χ3n) is 5.51. The van der Waals surface area contributed by atoms with E-state index >= 15 is 0 Å². The summed E-state index contributed by atoms with van der Waals surface area (Å²) in [6.07, 6.45) is 0.976. The largest absolute Gasteiger partial charge is 0.341 e. The van der Waals surface area contributed by atoms with Gasteiger partial charge in [-0.1, -0.05) is 29.8 Å². The van der Waals surface area contributed by atoms with Crippen LogP contribution in [0.1, 0.15) is 29.5 Å². The fourth-order valence-electron chi connectivity index (χ4n) is 3.86. The first-order chi connectivity index (χ1) is 14.7. The molecule has 2 aromatic rings. The molecule has 1 heterocycles. The van der Waals surface area contributed by atoms with Gasteiger partial charge >= 0.3 is 0 Å². The molecular formula is C23H30FN3O3S. The van der Waals surface area contributed by atoms with E-state index < -0.39 is 10.0 Å². The van der Waals surface area contributed by atoms with Crippen molar-refractivity contribution in [1.29, 1.82) is 0 Å². The fraction of sp³-hybridized carbons (Fsp3) is 0.435. The van der Waals surface area contributed by atoms with E-state index in [0.717, 1.165) is 37.2 Å². The number of benzene rings is 2. The van der Waals surface area contributed by atoms with E-state index in [9.17, 15) is 17.6 Å². The van der Waals surface area contributed by atoms with Gasteiger partial charge in [-0.15, -0.1) is 0 Å². The molecule has 1 fully saturated rings. The van der Waals surface area contributed by atoms with Gasteiger partial charge in [0.15, 0.2) is 0 Å². The second-order valence-electron chi connectivity index (χ2n) is 8.05. The normalized spacial score (nSPS) is 15.6. The number of nitrogens with zero attached hydrogens (tertiary/aromatic N) is 2. The zero-order chi connectivity index (χ0) is 22.4. The molecule has 0 aliphatic carbocycles. The molecule has 0 bridgehead atoms. The number of carbonyl (C=O) groups excluding carboxylic acids is 1. The zero-order valence-corrected chi connectivity index (χ0v) is 18.9. The Hall–Kier alpha value is -2.29. The number of amides is 1. The molecule has 0 saturated carbocycles. The molecule has 8 heteroatoms. The lowest BCUT2D eigenvalue weighted by molar-refractivity contribution is -0.130. The molecule has 1 aliphatic heterocycles. The van der Waals surface area contributed by atoms with Crippen LogP contribution in [0.3, 0.4) is 0 Å². The SMILES string of the molecule is Cc1ccc(S(=O)(=O)NCCC(=O)N2CCCN(Cc3ccc(F)cc3)CC2)c(C)c1. The van der Waals surface area contributed by atoms with Gasteiger partial charge in [-0.3, -0.25) is 9.69 Å². The molecule has 0 radical (unpaired) electrons. The first-order valence-electron chi connectivity index (χ1n) is 10.6. The quantitative estimate of drug-likeness (QED) is 0.709. The molecule has 31 heavy (non-hydrogen) atoms. The Bertz CT molecular complexity index is 1010. The molecule has 0 atom stereocenters.